The second-order valence-corrected chi connectivity index (χ2v) is 6.57. The molecule has 4 heteroatoms. The van der Waals surface area contributed by atoms with Crippen molar-refractivity contribution < 1.29 is 14.3 Å². The van der Waals surface area contributed by atoms with Crippen LogP contribution >= 0.6 is 11.8 Å². The van der Waals surface area contributed by atoms with E-state index >= 15 is 0 Å². The number of unbranched alkanes of at least 4 members (excludes halogenated alkanes) is 6. The maximum Gasteiger partial charge on any atom is 0.304 e. The molecule has 0 heterocycles. The molecule has 0 fully saturated rings. The van der Waals surface area contributed by atoms with Crippen molar-refractivity contribution in [3.63, 3.8) is 0 Å². The normalized spacial score (nSPS) is 12.9. The molecule has 0 aromatic rings. The molecule has 0 saturated heterocycles. The van der Waals surface area contributed by atoms with Crippen LogP contribution in [0, 0.1) is 0 Å². The molecule has 1 N–H and O–H groups in total. The summed E-state index contributed by atoms with van der Waals surface area (Å²) in [7, 11) is 0. The van der Waals surface area contributed by atoms with Crippen molar-refractivity contribution in [3.05, 3.63) is 12.2 Å². The molecule has 0 radical (unpaired) electrons. The summed E-state index contributed by atoms with van der Waals surface area (Å²) in [6.45, 7) is 2.23. The highest BCUT2D eigenvalue weighted by Crippen LogP contribution is 2.13. The zero-order chi connectivity index (χ0) is 15.8. The zero-order valence-electron chi connectivity index (χ0n) is 13.4. The molecule has 1 atom stereocenters. The second kappa shape index (κ2) is 15.9. The molecule has 124 valence electrons. The van der Waals surface area contributed by atoms with Crippen LogP contribution in [0.25, 0.3) is 0 Å². The van der Waals surface area contributed by atoms with E-state index in [2.05, 4.69) is 19.1 Å². The number of halogens is 1. The SMILES string of the molecule is CCCCCCCC/C=C\CCC([18F])CSCCC(=O)O. The maximum atomic E-state index is 13.5. The van der Waals surface area contributed by atoms with Crippen molar-refractivity contribution in [3.8, 4) is 0 Å². The number of rotatable bonds is 15. The molecule has 0 saturated carbocycles. The summed E-state index contributed by atoms with van der Waals surface area (Å²) in [5.41, 5.74) is 0. The lowest BCUT2D eigenvalue weighted by Gasteiger charge is -2.05. The van der Waals surface area contributed by atoms with Gasteiger partial charge in [0.2, 0.25) is 0 Å². The minimum Gasteiger partial charge on any atom is -0.481 e. The molecule has 0 bridgehead atoms. The van der Waals surface area contributed by atoms with Gasteiger partial charge in [-0.25, -0.2) is 4.39 Å². The standard InChI is InChI=1S/C17H31FO2S/c1-2-3-4-5-6-7-8-9-10-11-12-16(18)15-21-14-13-17(19)20/h9-10,16H,2-8,11-15H2,1H3,(H,19,20)/b10-9-/i18-1. The first-order valence-electron chi connectivity index (χ1n) is 8.25. The summed E-state index contributed by atoms with van der Waals surface area (Å²) in [5.74, 6) is 0.109. The summed E-state index contributed by atoms with van der Waals surface area (Å²) >= 11 is 1.39. The van der Waals surface area contributed by atoms with Crippen molar-refractivity contribution in [1.29, 1.82) is 0 Å². The van der Waals surface area contributed by atoms with Gasteiger partial charge >= 0.3 is 5.97 Å². The highest BCUT2D eigenvalue weighted by molar-refractivity contribution is 7.99. The molecular formula is C17H31FO2S. The van der Waals surface area contributed by atoms with Crippen molar-refractivity contribution in [2.75, 3.05) is 11.5 Å². The molecule has 0 aromatic carbocycles. The minimum atomic E-state index is -0.817. The molecule has 0 aliphatic carbocycles. The van der Waals surface area contributed by atoms with E-state index in [-0.39, 0.29) is 6.42 Å². The highest BCUT2D eigenvalue weighted by atomic mass is 32.2. The van der Waals surface area contributed by atoms with E-state index < -0.39 is 12.1 Å². The van der Waals surface area contributed by atoms with Gasteiger partial charge in [-0.3, -0.25) is 4.79 Å². The summed E-state index contributed by atoms with van der Waals surface area (Å²) in [5, 5.41) is 8.47. The van der Waals surface area contributed by atoms with E-state index in [1.165, 1.54) is 50.3 Å². The second-order valence-electron chi connectivity index (χ2n) is 5.42. The number of carbonyl (C=O) groups is 1. The number of hydrogen-bond acceptors (Lipinski definition) is 2. The Hall–Kier alpha value is -0.510. The van der Waals surface area contributed by atoms with Crippen molar-refractivity contribution in [2.24, 2.45) is 0 Å². The Labute approximate surface area is 133 Å². The zero-order valence-corrected chi connectivity index (χ0v) is 14.2. The van der Waals surface area contributed by atoms with Crippen LogP contribution in [0.3, 0.4) is 0 Å². The number of aliphatic carboxylic acids is 1. The highest BCUT2D eigenvalue weighted by Gasteiger charge is 2.05. The van der Waals surface area contributed by atoms with Crippen LogP contribution in [0.1, 0.15) is 71.1 Å². The molecule has 0 spiro atoms. The summed E-state index contributed by atoms with van der Waals surface area (Å²) in [4.78, 5) is 10.3. The number of carboxylic acids is 1. The first-order valence-corrected chi connectivity index (χ1v) is 9.40. The average Bonchev–Trinajstić information content (AvgIpc) is 2.45. The molecule has 0 aromatic heterocycles. The molecule has 2 nitrogen and oxygen atoms in total. The summed E-state index contributed by atoms with van der Waals surface area (Å²) in [6, 6.07) is 0. The van der Waals surface area contributed by atoms with Crippen molar-refractivity contribution >= 4 is 17.7 Å². The van der Waals surface area contributed by atoms with Gasteiger partial charge in [0, 0.05) is 11.5 Å². The van der Waals surface area contributed by atoms with Gasteiger partial charge in [-0.1, -0.05) is 51.2 Å². The van der Waals surface area contributed by atoms with Crippen molar-refractivity contribution in [1.82, 2.24) is 0 Å². The number of carboxylic acid groups (broad SMARTS) is 1. The monoisotopic (exact) mass is 317 g/mol. The lowest BCUT2D eigenvalue weighted by Crippen LogP contribution is -2.05. The van der Waals surface area contributed by atoms with Gasteiger partial charge in [0.25, 0.3) is 0 Å². The summed E-state index contributed by atoms with van der Waals surface area (Å²) in [6.07, 6.45) is 13.9. The molecule has 0 rings (SSSR count). The lowest BCUT2D eigenvalue weighted by molar-refractivity contribution is -0.136. The van der Waals surface area contributed by atoms with Gasteiger partial charge in [-0.05, 0) is 25.7 Å². The van der Waals surface area contributed by atoms with Crippen LogP contribution in [0.2, 0.25) is 0 Å². The van der Waals surface area contributed by atoms with Gasteiger partial charge in [0.15, 0.2) is 0 Å². The third kappa shape index (κ3) is 17.4. The number of alkyl halides is 1. The number of hydrogen-bond donors (Lipinski definition) is 1. The molecular weight excluding hydrogens is 286 g/mol. The van der Waals surface area contributed by atoms with Gasteiger partial charge in [-0.15, -0.1) is 0 Å². The molecule has 1 unspecified atom stereocenters. The van der Waals surface area contributed by atoms with Crippen LogP contribution < -0.4 is 0 Å². The van der Waals surface area contributed by atoms with Crippen LogP contribution in [0.5, 0.6) is 0 Å². The Morgan fingerprint density at radius 1 is 1.14 bits per heavy atom. The third-order valence-electron chi connectivity index (χ3n) is 3.30. The Balaban J connectivity index is 3.27. The largest absolute Gasteiger partial charge is 0.481 e. The predicted octanol–water partition coefficient (Wildman–Crippen LogP) is 5.62. The first-order chi connectivity index (χ1) is 10.2. The van der Waals surface area contributed by atoms with Crippen molar-refractivity contribution in [2.45, 2.75) is 77.3 Å². The molecule has 21 heavy (non-hydrogen) atoms. The fourth-order valence-corrected chi connectivity index (χ4v) is 2.92. The van der Waals surface area contributed by atoms with Gasteiger partial charge in [0.05, 0.1) is 6.42 Å². The van der Waals surface area contributed by atoms with E-state index in [0.717, 1.165) is 12.8 Å². The topological polar surface area (TPSA) is 37.3 Å². The van der Waals surface area contributed by atoms with Crippen LogP contribution in [-0.2, 0) is 4.79 Å². The van der Waals surface area contributed by atoms with E-state index in [0.29, 0.717) is 17.9 Å². The molecule has 0 aliphatic heterocycles. The Morgan fingerprint density at radius 2 is 1.81 bits per heavy atom. The average molecular weight is 318 g/mol. The van der Waals surface area contributed by atoms with Gasteiger partial charge < -0.3 is 5.11 Å². The quantitative estimate of drug-likeness (QED) is 0.314. The van der Waals surface area contributed by atoms with Gasteiger partial charge in [0.1, 0.15) is 6.17 Å². The smallest absolute Gasteiger partial charge is 0.304 e. The van der Waals surface area contributed by atoms with E-state index in [9.17, 15) is 9.18 Å². The molecule has 0 aliphatic rings. The number of thioether (sulfide) groups is 1. The Kier molecular flexibility index (Phi) is 15.5. The number of allylic oxidation sites excluding steroid dienone is 2. The summed E-state index contributed by atoms with van der Waals surface area (Å²) < 4.78 is 13.5. The maximum absolute atomic E-state index is 13.5. The van der Waals surface area contributed by atoms with Gasteiger partial charge in [-0.2, -0.15) is 11.8 Å². The molecule has 0 amide bonds. The lowest BCUT2D eigenvalue weighted by atomic mass is 10.1. The first kappa shape index (κ1) is 20.5. The van der Waals surface area contributed by atoms with E-state index in [4.69, 9.17) is 5.11 Å². The third-order valence-corrected chi connectivity index (χ3v) is 4.39. The van der Waals surface area contributed by atoms with E-state index in [1.807, 2.05) is 0 Å². The van der Waals surface area contributed by atoms with E-state index in [1.54, 1.807) is 0 Å². The Morgan fingerprint density at radius 3 is 2.52 bits per heavy atom. The minimum absolute atomic E-state index is 0.121. The fourth-order valence-electron chi connectivity index (χ4n) is 2.01. The Bertz CT molecular complexity index is 270. The fraction of sp³-hybridized carbons (Fsp3) is 0.824. The predicted molar refractivity (Wildman–Crippen MR) is 90.8 cm³/mol. The van der Waals surface area contributed by atoms with Crippen LogP contribution in [0.15, 0.2) is 12.2 Å². The van der Waals surface area contributed by atoms with Crippen LogP contribution in [-0.4, -0.2) is 28.8 Å². The van der Waals surface area contributed by atoms with Crippen LogP contribution in [0.4, 0.5) is 4.39 Å².